The van der Waals surface area contributed by atoms with Crippen molar-refractivity contribution in [2.45, 2.75) is 37.1 Å². The van der Waals surface area contributed by atoms with E-state index in [0.29, 0.717) is 6.04 Å². The van der Waals surface area contributed by atoms with Gasteiger partial charge in [0.05, 0.1) is 18.9 Å². The second-order valence-corrected chi connectivity index (χ2v) is 7.83. The number of hydrogen-bond donors (Lipinski definition) is 0. The summed E-state index contributed by atoms with van der Waals surface area (Å²) in [5, 5.41) is 0. The number of carbonyl (C=O) groups excluding carboxylic acids is 1. The van der Waals surface area contributed by atoms with Crippen molar-refractivity contribution >= 4 is 17.1 Å². The Morgan fingerprint density at radius 1 is 1.11 bits per heavy atom. The molecule has 3 heterocycles. The number of ether oxygens (including phenoxy) is 1. The summed E-state index contributed by atoms with van der Waals surface area (Å²) in [5.74, 6) is 1.11. The highest BCUT2D eigenvalue weighted by molar-refractivity contribution is 5.91. The van der Waals surface area contributed by atoms with E-state index in [-0.39, 0.29) is 11.3 Å². The van der Waals surface area contributed by atoms with Gasteiger partial charge >= 0.3 is 0 Å². The van der Waals surface area contributed by atoms with Crippen LogP contribution < -0.4 is 4.74 Å². The fourth-order valence-corrected chi connectivity index (χ4v) is 4.45. The number of hydrogen-bond acceptors (Lipinski definition) is 4. The quantitative estimate of drug-likeness (QED) is 0.701. The van der Waals surface area contributed by atoms with E-state index in [1.54, 1.807) is 7.11 Å². The highest BCUT2D eigenvalue weighted by Crippen LogP contribution is 2.50. The molecule has 5 rings (SSSR count). The van der Waals surface area contributed by atoms with Crippen LogP contribution in [0.5, 0.6) is 5.75 Å². The van der Waals surface area contributed by atoms with Crippen molar-refractivity contribution < 1.29 is 9.53 Å². The molecule has 1 saturated carbocycles. The number of piperidine rings is 1. The fourth-order valence-electron chi connectivity index (χ4n) is 4.45. The molecule has 0 N–H and O–H groups in total. The number of benzene rings is 1. The van der Waals surface area contributed by atoms with E-state index in [0.717, 1.165) is 61.2 Å². The van der Waals surface area contributed by atoms with Crippen molar-refractivity contribution in [2.75, 3.05) is 20.2 Å². The van der Waals surface area contributed by atoms with Gasteiger partial charge in [0.1, 0.15) is 11.3 Å². The molecule has 3 aromatic rings. The summed E-state index contributed by atoms with van der Waals surface area (Å²) in [4.78, 5) is 24.3. The molecule has 1 saturated heterocycles. The lowest BCUT2D eigenvalue weighted by Gasteiger charge is -2.35. The summed E-state index contributed by atoms with van der Waals surface area (Å²) in [6, 6.07) is 12.2. The van der Waals surface area contributed by atoms with Gasteiger partial charge < -0.3 is 14.2 Å². The Labute approximate surface area is 164 Å². The minimum Gasteiger partial charge on any atom is -0.497 e. The predicted octanol–water partition coefficient (Wildman–Crippen LogP) is 3.34. The number of rotatable bonds is 4. The standard InChI is InChI=1S/C22H24N4O2/c1-28-18-6-4-16(5-7-18)22(10-11-22)21(27)25-13-8-17(9-14-25)26-15-24-19-3-2-12-23-20(19)26/h2-7,12,15,17H,8-11,13-14H2,1H3. The molecule has 0 atom stereocenters. The molecule has 144 valence electrons. The van der Waals surface area contributed by atoms with Crippen LogP contribution in [0.2, 0.25) is 0 Å². The number of imidazole rings is 1. The predicted molar refractivity (Wildman–Crippen MR) is 106 cm³/mol. The molecule has 2 aromatic heterocycles. The Morgan fingerprint density at radius 2 is 1.86 bits per heavy atom. The van der Waals surface area contributed by atoms with Gasteiger partial charge in [-0.2, -0.15) is 0 Å². The molecule has 1 amide bonds. The fraction of sp³-hybridized carbons (Fsp3) is 0.409. The van der Waals surface area contributed by atoms with Gasteiger partial charge in [-0.05, 0) is 55.5 Å². The van der Waals surface area contributed by atoms with Gasteiger partial charge in [0.15, 0.2) is 5.65 Å². The maximum atomic E-state index is 13.3. The zero-order chi connectivity index (χ0) is 19.1. The Balaban J connectivity index is 1.29. The largest absolute Gasteiger partial charge is 0.497 e. The average molecular weight is 376 g/mol. The minimum absolute atomic E-state index is 0.282. The molecule has 0 spiro atoms. The van der Waals surface area contributed by atoms with Crippen LogP contribution in [0.4, 0.5) is 0 Å². The van der Waals surface area contributed by atoms with E-state index >= 15 is 0 Å². The Bertz CT molecular complexity index is 999. The third-order valence-electron chi connectivity index (χ3n) is 6.28. The van der Waals surface area contributed by atoms with Gasteiger partial charge in [0, 0.05) is 25.3 Å². The van der Waals surface area contributed by atoms with Crippen molar-refractivity contribution in [3.63, 3.8) is 0 Å². The number of amides is 1. The summed E-state index contributed by atoms with van der Waals surface area (Å²) in [5.41, 5.74) is 2.66. The molecule has 6 heteroatoms. The van der Waals surface area contributed by atoms with E-state index in [9.17, 15) is 4.79 Å². The lowest BCUT2D eigenvalue weighted by Crippen LogP contribution is -2.44. The third-order valence-corrected chi connectivity index (χ3v) is 6.28. The Hall–Kier alpha value is -2.89. The van der Waals surface area contributed by atoms with Crippen molar-refractivity contribution in [3.8, 4) is 5.75 Å². The first-order chi connectivity index (χ1) is 13.7. The lowest BCUT2D eigenvalue weighted by molar-refractivity contribution is -0.135. The minimum atomic E-state index is -0.317. The zero-order valence-corrected chi connectivity index (χ0v) is 16.0. The normalized spacial score (nSPS) is 19.0. The molecule has 1 aromatic carbocycles. The van der Waals surface area contributed by atoms with Crippen LogP contribution in [-0.2, 0) is 10.2 Å². The number of nitrogens with zero attached hydrogens (tertiary/aromatic N) is 4. The van der Waals surface area contributed by atoms with Crippen LogP contribution in [0, 0.1) is 0 Å². The summed E-state index contributed by atoms with van der Waals surface area (Å²) < 4.78 is 7.42. The lowest BCUT2D eigenvalue weighted by atomic mass is 9.92. The second kappa shape index (κ2) is 6.62. The second-order valence-electron chi connectivity index (χ2n) is 7.83. The van der Waals surface area contributed by atoms with Crippen LogP contribution >= 0.6 is 0 Å². The van der Waals surface area contributed by atoms with Crippen LogP contribution in [0.15, 0.2) is 48.9 Å². The zero-order valence-electron chi connectivity index (χ0n) is 16.0. The van der Waals surface area contributed by atoms with Gasteiger partial charge in [-0.3, -0.25) is 4.79 Å². The number of methoxy groups -OCH3 is 1. The molecule has 2 fully saturated rings. The van der Waals surface area contributed by atoms with Crippen LogP contribution in [0.25, 0.3) is 11.2 Å². The van der Waals surface area contributed by atoms with E-state index in [1.807, 2.05) is 48.9 Å². The number of pyridine rings is 1. The van der Waals surface area contributed by atoms with Gasteiger partial charge in [0.2, 0.25) is 5.91 Å². The topological polar surface area (TPSA) is 60.2 Å². The SMILES string of the molecule is COc1ccc(C2(C(=O)N3CCC(n4cnc5cccnc54)CC3)CC2)cc1. The summed E-state index contributed by atoms with van der Waals surface area (Å²) in [6.45, 7) is 1.57. The molecule has 0 unspecified atom stereocenters. The average Bonchev–Trinajstić information content (AvgIpc) is 3.46. The summed E-state index contributed by atoms with van der Waals surface area (Å²) >= 11 is 0. The first-order valence-corrected chi connectivity index (χ1v) is 9.93. The van der Waals surface area contributed by atoms with E-state index < -0.39 is 0 Å². The molecule has 0 radical (unpaired) electrons. The van der Waals surface area contributed by atoms with Crippen LogP contribution in [0.1, 0.15) is 37.3 Å². The van der Waals surface area contributed by atoms with Gasteiger partial charge in [-0.1, -0.05) is 12.1 Å². The van der Waals surface area contributed by atoms with Crippen molar-refractivity contribution in [2.24, 2.45) is 0 Å². The van der Waals surface area contributed by atoms with Gasteiger partial charge in [-0.15, -0.1) is 0 Å². The Morgan fingerprint density at radius 3 is 2.54 bits per heavy atom. The van der Waals surface area contributed by atoms with E-state index in [1.165, 1.54) is 0 Å². The molecule has 6 nitrogen and oxygen atoms in total. The number of aromatic nitrogens is 3. The summed E-state index contributed by atoms with van der Waals surface area (Å²) in [6.07, 6.45) is 7.45. The first-order valence-electron chi connectivity index (χ1n) is 9.93. The maximum Gasteiger partial charge on any atom is 0.233 e. The van der Waals surface area contributed by atoms with Crippen molar-refractivity contribution in [1.82, 2.24) is 19.4 Å². The molecular formula is C22H24N4O2. The molecular weight excluding hydrogens is 352 g/mol. The monoisotopic (exact) mass is 376 g/mol. The first kappa shape index (κ1) is 17.2. The van der Waals surface area contributed by atoms with Crippen LogP contribution in [-0.4, -0.2) is 45.5 Å². The number of fused-ring (bicyclic) bond motifs is 1. The third kappa shape index (κ3) is 2.75. The molecule has 0 bridgehead atoms. The van der Waals surface area contributed by atoms with Crippen molar-refractivity contribution in [1.29, 1.82) is 0 Å². The summed E-state index contributed by atoms with van der Waals surface area (Å²) in [7, 11) is 1.66. The maximum absolute atomic E-state index is 13.3. The number of likely N-dealkylation sites (tertiary alicyclic amines) is 1. The molecule has 1 aliphatic carbocycles. The molecule has 1 aliphatic heterocycles. The van der Waals surface area contributed by atoms with E-state index in [2.05, 4.69) is 19.4 Å². The van der Waals surface area contributed by atoms with E-state index in [4.69, 9.17) is 4.74 Å². The smallest absolute Gasteiger partial charge is 0.233 e. The van der Waals surface area contributed by atoms with Gasteiger partial charge in [0.25, 0.3) is 0 Å². The Kier molecular flexibility index (Phi) is 4.07. The van der Waals surface area contributed by atoms with Crippen molar-refractivity contribution in [3.05, 3.63) is 54.5 Å². The highest BCUT2D eigenvalue weighted by Gasteiger charge is 2.53. The number of carbonyl (C=O) groups is 1. The molecule has 2 aliphatic rings. The van der Waals surface area contributed by atoms with Crippen LogP contribution in [0.3, 0.4) is 0 Å². The van der Waals surface area contributed by atoms with Gasteiger partial charge in [-0.25, -0.2) is 9.97 Å². The molecule has 28 heavy (non-hydrogen) atoms. The highest BCUT2D eigenvalue weighted by atomic mass is 16.5.